The number of rotatable bonds is 6. The van der Waals surface area contributed by atoms with E-state index in [9.17, 15) is 0 Å². The molecule has 0 bridgehead atoms. The first-order chi connectivity index (χ1) is 25.7. The van der Waals surface area contributed by atoms with Crippen molar-refractivity contribution in [3.05, 3.63) is 199 Å². The Kier molecular flexibility index (Phi) is 9.41. The zero-order valence-electron chi connectivity index (χ0n) is 29.6. The highest BCUT2D eigenvalue weighted by atomic mass is 14.7. The lowest BCUT2D eigenvalue weighted by atomic mass is 9.89. The van der Waals surface area contributed by atoms with Crippen molar-refractivity contribution < 1.29 is 0 Å². The van der Waals surface area contributed by atoms with Gasteiger partial charge in [-0.25, -0.2) is 0 Å². The summed E-state index contributed by atoms with van der Waals surface area (Å²) in [5.74, 6) is 0. The third-order valence-corrected chi connectivity index (χ3v) is 10.1. The molecular weight excluding hydrogens is 627 g/mol. The maximum absolute atomic E-state index is 4.60. The first-order valence-electron chi connectivity index (χ1n) is 18.3. The van der Waals surface area contributed by atoms with E-state index in [1.54, 1.807) is 0 Å². The topological polar surface area (TPSA) is 12.4 Å². The quantitative estimate of drug-likeness (QED) is 0.124. The van der Waals surface area contributed by atoms with Crippen LogP contribution in [-0.2, 0) is 6.42 Å². The minimum absolute atomic E-state index is 0.774. The van der Waals surface area contributed by atoms with E-state index in [2.05, 4.69) is 188 Å². The van der Waals surface area contributed by atoms with E-state index in [4.69, 9.17) is 0 Å². The highest BCUT2D eigenvalue weighted by Gasteiger charge is 2.12. The van der Waals surface area contributed by atoms with Crippen LogP contribution in [0.3, 0.4) is 0 Å². The summed E-state index contributed by atoms with van der Waals surface area (Å²) in [5.41, 5.74) is 9.17. The number of aliphatic imine (C=N–C) groups is 1. The van der Waals surface area contributed by atoms with Gasteiger partial charge in [-0.1, -0.05) is 183 Å². The normalized spacial score (nSPS) is 12.7. The molecule has 9 rings (SSSR count). The maximum atomic E-state index is 4.60. The lowest BCUT2D eigenvalue weighted by molar-refractivity contribution is 1.03. The van der Waals surface area contributed by atoms with Gasteiger partial charge in [0.05, 0.1) is 5.70 Å². The third kappa shape index (κ3) is 6.74. The molecule has 0 aromatic heterocycles. The van der Waals surface area contributed by atoms with Crippen molar-refractivity contribution in [3.8, 4) is 22.3 Å². The van der Waals surface area contributed by atoms with Crippen LogP contribution < -0.4 is 0 Å². The first kappa shape index (κ1) is 32.9. The monoisotopic (exact) mass is 667 g/mol. The molecule has 0 aliphatic heterocycles. The average molecular weight is 668 g/mol. The van der Waals surface area contributed by atoms with Crippen LogP contribution >= 0.6 is 0 Å². The van der Waals surface area contributed by atoms with Crippen LogP contribution in [0.1, 0.15) is 30.9 Å². The molecule has 8 aromatic rings. The first-order valence-corrected chi connectivity index (χ1v) is 18.3. The fraction of sp³-hybridized carbons (Fsp3) is 0.0784. The smallest absolute Gasteiger partial charge is 0.0630 e. The molecular formula is C51H41N. The van der Waals surface area contributed by atoms with Gasteiger partial charge < -0.3 is 0 Å². The van der Waals surface area contributed by atoms with Crippen molar-refractivity contribution in [2.24, 2.45) is 4.99 Å². The molecule has 52 heavy (non-hydrogen) atoms. The molecule has 0 unspecified atom stereocenters. The highest BCUT2D eigenvalue weighted by Crippen LogP contribution is 2.40. The summed E-state index contributed by atoms with van der Waals surface area (Å²) in [6.07, 6.45) is 11.8. The van der Waals surface area contributed by atoms with Crippen LogP contribution in [0.4, 0.5) is 0 Å². The molecule has 0 spiro atoms. The van der Waals surface area contributed by atoms with Crippen molar-refractivity contribution in [1.82, 2.24) is 0 Å². The molecule has 1 aliphatic carbocycles. The zero-order chi connectivity index (χ0) is 35.3. The second kappa shape index (κ2) is 14.9. The van der Waals surface area contributed by atoms with Crippen LogP contribution in [0, 0.1) is 0 Å². The molecule has 1 heteroatoms. The summed E-state index contributed by atoms with van der Waals surface area (Å²) in [4.78, 5) is 4.60. The van der Waals surface area contributed by atoms with Crippen molar-refractivity contribution in [2.75, 3.05) is 0 Å². The van der Waals surface area contributed by atoms with E-state index in [1.165, 1.54) is 70.9 Å². The van der Waals surface area contributed by atoms with E-state index >= 15 is 0 Å². The second-order valence-corrected chi connectivity index (χ2v) is 13.4. The Morgan fingerprint density at radius 3 is 1.81 bits per heavy atom. The minimum Gasteiger partial charge on any atom is -0.256 e. The molecule has 0 N–H and O–H groups in total. The molecule has 0 saturated heterocycles. The number of fused-ring (bicyclic) bond motifs is 8. The molecule has 0 amide bonds. The van der Waals surface area contributed by atoms with E-state index in [0.29, 0.717) is 0 Å². The van der Waals surface area contributed by atoms with Gasteiger partial charge in [0.2, 0.25) is 0 Å². The van der Waals surface area contributed by atoms with E-state index in [-0.39, 0.29) is 0 Å². The van der Waals surface area contributed by atoms with Gasteiger partial charge in [-0.3, -0.25) is 4.99 Å². The molecule has 250 valence electrons. The largest absolute Gasteiger partial charge is 0.256 e. The van der Waals surface area contributed by atoms with Gasteiger partial charge in [-0.2, -0.15) is 0 Å². The van der Waals surface area contributed by atoms with Gasteiger partial charge in [0.1, 0.15) is 0 Å². The molecule has 0 saturated carbocycles. The van der Waals surface area contributed by atoms with Crippen LogP contribution in [-0.4, -0.2) is 6.21 Å². The molecule has 0 heterocycles. The molecule has 8 aromatic carbocycles. The number of hydrogen-bond donors (Lipinski definition) is 0. The standard InChI is InChI=1S/C43H31N.C8H10/c1-29(44-28-30-9-3-2-4-10-30)31-15-17-32(18-16-31)33-19-21-34(22-20-33)36-24-25-40-38-13-7-8-14-39(38)41-26-23-35-11-5-6-12-37(35)43(41)42(40)27-36;1-2-8-6-4-3-5-7-8/h3,5-28H,1-2,4H2;3-7H,2H2,1H3. The number of aryl methyl sites for hydroxylation is 1. The van der Waals surface area contributed by atoms with Gasteiger partial charge in [0.25, 0.3) is 0 Å². The molecule has 0 fully saturated rings. The van der Waals surface area contributed by atoms with Gasteiger partial charge in [0.15, 0.2) is 0 Å². The van der Waals surface area contributed by atoms with Gasteiger partial charge in [-0.05, 0) is 107 Å². The second-order valence-electron chi connectivity index (χ2n) is 13.4. The number of hydrogen-bond acceptors (Lipinski definition) is 1. The molecule has 0 radical (unpaired) electrons. The number of allylic oxidation sites excluding steroid dienone is 4. The Bertz CT molecular complexity index is 2640. The van der Waals surface area contributed by atoms with E-state index in [0.717, 1.165) is 36.1 Å². The Hall–Kier alpha value is -6.31. The Morgan fingerprint density at radius 2 is 1.13 bits per heavy atom. The summed E-state index contributed by atoms with van der Waals surface area (Å²) in [7, 11) is 0. The summed E-state index contributed by atoms with van der Waals surface area (Å²) in [6, 6.07) is 56.9. The zero-order valence-corrected chi connectivity index (χ0v) is 29.6. The summed E-state index contributed by atoms with van der Waals surface area (Å²) in [5, 5.41) is 10.4. The SMILES string of the molecule is C=C(N=CC1=CCCC=C1)c1ccc(-c2ccc(-c3ccc4c5ccccc5c5ccc6ccccc6c5c4c3)cc2)cc1.CCc1ccccc1. The van der Waals surface area contributed by atoms with Gasteiger partial charge in [0, 0.05) is 6.21 Å². The van der Waals surface area contributed by atoms with Crippen molar-refractivity contribution >= 4 is 55.0 Å². The predicted molar refractivity (Wildman–Crippen MR) is 227 cm³/mol. The Morgan fingerprint density at radius 1 is 0.558 bits per heavy atom. The Balaban J connectivity index is 0.000000430. The van der Waals surface area contributed by atoms with Crippen molar-refractivity contribution in [2.45, 2.75) is 26.2 Å². The van der Waals surface area contributed by atoms with Crippen molar-refractivity contribution in [1.29, 1.82) is 0 Å². The Labute approximate surface area is 306 Å². The lowest BCUT2D eigenvalue weighted by Gasteiger charge is -2.14. The third-order valence-electron chi connectivity index (χ3n) is 10.1. The predicted octanol–water partition coefficient (Wildman–Crippen LogP) is 14.2. The minimum atomic E-state index is 0.774. The van der Waals surface area contributed by atoms with E-state index < -0.39 is 0 Å². The fourth-order valence-corrected chi connectivity index (χ4v) is 7.28. The van der Waals surface area contributed by atoms with Crippen LogP contribution in [0.15, 0.2) is 193 Å². The molecule has 1 nitrogen and oxygen atoms in total. The van der Waals surface area contributed by atoms with E-state index in [1.807, 2.05) is 12.3 Å². The fourth-order valence-electron chi connectivity index (χ4n) is 7.28. The van der Waals surface area contributed by atoms with Crippen LogP contribution in [0.5, 0.6) is 0 Å². The summed E-state index contributed by atoms with van der Waals surface area (Å²) < 4.78 is 0. The van der Waals surface area contributed by atoms with Gasteiger partial charge >= 0.3 is 0 Å². The number of benzene rings is 8. The molecule has 0 atom stereocenters. The average Bonchev–Trinajstić information content (AvgIpc) is 3.23. The summed E-state index contributed by atoms with van der Waals surface area (Å²) in [6.45, 7) is 6.34. The summed E-state index contributed by atoms with van der Waals surface area (Å²) >= 11 is 0. The van der Waals surface area contributed by atoms with Crippen molar-refractivity contribution in [3.63, 3.8) is 0 Å². The highest BCUT2D eigenvalue weighted by molar-refractivity contribution is 6.31. The van der Waals surface area contributed by atoms with Gasteiger partial charge in [-0.15, -0.1) is 0 Å². The lowest BCUT2D eigenvalue weighted by Crippen LogP contribution is -1.88. The van der Waals surface area contributed by atoms with Crippen LogP contribution in [0.25, 0.3) is 71.0 Å². The number of nitrogens with zero attached hydrogens (tertiary/aromatic N) is 1. The maximum Gasteiger partial charge on any atom is 0.0630 e. The molecule has 1 aliphatic rings. The van der Waals surface area contributed by atoms with Crippen LogP contribution in [0.2, 0.25) is 0 Å².